The number of rotatable bonds is 8. The summed E-state index contributed by atoms with van der Waals surface area (Å²) in [7, 11) is 5.46. The minimum Gasteiger partial charge on any atom is -0.493 e. The van der Waals surface area contributed by atoms with Crippen molar-refractivity contribution >= 4 is 35.6 Å². The highest BCUT2D eigenvalue weighted by Crippen LogP contribution is 2.29. The maximum absolute atomic E-state index is 5.35. The SMILES string of the molecule is CCNC(=NCC(C)N(C)C1CC1)Nc1ccc(OC)c(OC)c1.I. The molecule has 7 heteroatoms. The van der Waals surface area contributed by atoms with Crippen molar-refractivity contribution in [2.24, 2.45) is 4.99 Å². The first kappa shape index (κ1) is 21.8. The Bertz CT molecular complexity index is 564. The Morgan fingerprint density at radius 2 is 1.96 bits per heavy atom. The van der Waals surface area contributed by atoms with Crippen LogP contribution >= 0.6 is 24.0 Å². The van der Waals surface area contributed by atoms with E-state index in [-0.39, 0.29) is 24.0 Å². The fourth-order valence-electron chi connectivity index (χ4n) is 2.55. The minimum atomic E-state index is 0. The number of guanidine groups is 1. The number of nitrogens with zero attached hydrogens (tertiary/aromatic N) is 2. The monoisotopic (exact) mass is 462 g/mol. The fraction of sp³-hybridized carbons (Fsp3) is 0.611. The molecule has 0 aliphatic heterocycles. The van der Waals surface area contributed by atoms with Gasteiger partial charge in [-0.3, -0.25) is 9.89 Å². The molecule has 1 aromatic carbocycles. The Labute approximate surface area is 168 Å². The van der Waals surface area contributed by atoms with Gasteiger partial charge in [-0.15, -0.1) is 24.0 Å². The molecule has 142 valence electrons. The molecule has 2 rings (SSSR count). The molecule has 1 saturated carbocycles. The molecule has 2 N–H and O–H groups in total. The van der Waals surface area contributed by atoms with Crippen LogP contribution in [0.3, 0.4) is 0 Å². The molecule has 1 atom stereocenters. The largest absolute Gasteiger partial charge is 0.493 e. The molecule has 1 fully saturated rings. The van der Waals surface area contributed by atoms with E-state index in [1.807, 2.05) is 18.2 Å². The molecule has 0 bridgehead atoms. The topological polar surface area (TPSA) is 58.1 Å². The Morgan fingerprint density at radius 1 is 1.28 bits per heavy atom. The van der Waals surface area contributed by atoms with Gasteiger partial charge in [0, 0.05) is 30.4 Å². The van der Waals surface area contributed by atoms with Gasteiger partial charge in [0.05, 0.1) is 20.8 Å². The van der Waals surface area contributed by atoms with E-state index in [0.29, 0.717) is 17.5 Å². The van der Waals surface area contributed by atoms with Crippen molar-refractivity contribution in [1.29, 1.82) is 0 Å². The van der Waals surface area contributed by atoms with Crippen molar-refractivity contribution in [3.63, 3.8) is 0 Å². The first-order chi connectivity index (χ1) is 11.6. The lowest BCUT2D eigenvalue weighted by atomic mass is 10.2. The van der Waals surface area contributed by atoms with Crippen LogP contribution in [0.5, 0.6) is 11.5 Å². The van der Waals surface area contributed by atoms with Gasteiger partial charge in [-0.1, -0.05) is 0 Å². The third-order valence-electron chi connectivity index (χ3n) is 4.32. The average molecular weight is 462 g/mol. The predicted octanol–water partition coefficient (Wildman–Crippen LogP) is 3.18. The van der Waals surface area contributed by atoms with E-state index in [0.717, 1.165) is 30.8 Å². The van der Waals surface area contributed by atoms with Crippen molar-refractivity contribution in [2.45, 2.75) is 38.8 Å². The van der Waals surface area contributed by atoms with Gasteiger partial charge >= 0.3 is 0 Å². The smallest absolute Gasteiger partial charge is 0.195 e. The summed E-state index contributed by atoms with van der Waals surface area (Å²) in [6, 6.07) is 6.92. The van der Waals surface area contributed by atoms with Crippen LogP contribution in [-0.4, -0.2) is 57.3 Å². The van der Waals surface area contributed by atoms with Gasteiger partial charge in [-0.05, 0) is 45.9 Å². The van der Waals surface area contributed by atoms with Crippen LogP contribution in [0.4, 0.5) is 5.69 Å². The van der Waals surface area contributed by atoms with E-state index in [1.165, 1.54) is 12.8 Å². The summed E-state index contributed by atoms with van der Waals surface area (Å²) < 4.78 is 10.6. The van der Waals surface area contributed by atoms with Gasteiger partial charge in [-0.25, -0.2) is 0 Å². The second-order valence-electron chi connectivity index (χ2n) is 6.16. The zero-order valence-electron chi connectivity index (χ0n) is 15.8. The molecule has 0 radical (unpaired) electrons. The zero-order valence-corrected chi connectivity index (χ0v) is 18.2. The molecule has 1 unspecified atom stereocenters. The predicted molar refractivity (Wildman–Crippen MR) is 115 cm³/mol. The normalized spacial score (nSPS) is 15.4. The highest BCUT2D eigenvalue weighted by molar-refractivity contribution is 14.0. The Morgan fingerprint density at radius 3 is 2.52 bits per heavy atom. The van der Waals surface area contributed by atoms with Gasteiger partial charge < -0.3 is 20.1 Å². The molecule has 6 nitrogen and oxygen atoms in total. The molecule has 1 aromatic rings. The number of halogens is 1. The Kier molecular flexibility index (Phi) is 9.34. The molecule has 0 amide bonds. The summed E-state index contributed by atoms with van der Waals surface area (Å²) in [5.41, 5.74) is 0.913. The van der Waals surface area contributed by atoms with Crippen LogP contribution in [0.25, 0.3) is 0 Å². The summed E-state index contributed by atoms with van der Waals surface area (Å²) in [4.78, 5) is 7.14. The van der Waals surface area contributed by atoms with E-state index < -0.39 is 0 Å². The number of benzene rings is 1. The summed E-state index contributed by atoms with van der Waals surface area (Å²) >= 11 is 0. The standard InChI is InChI=1S/C18H30N4O2.HI/c1-6-19-18(20-12-13(2)22(3)15-8-9-15)21-14-7-10-16(23-4)17(11-14)24-5;/h7,10-11,13,15H,6,8-9,12H2,1-5H3,(H2,19,20,21);1H. The first-order valence-electron chi connectivity index (χ1n) is 8.58. The maximum atomic E-state index is 5.35. The molecular formula is C18H31IN4O2. The van der Waals surface area contributed by atoms with Crippen molar-refractivity contribution < 1.29 is 9.47 Å². The molecule has 0 heterocycles. The third kappa shape index (κ3) is 6.54. The Hall–Kier alpha value is -1.22. The van der Waals surface area contributed by atoms with Crippen LogP contribution in [0, 0.1) is 0 Å². The zero-order chi connectivity index (χ0) is 17.5. The van der Waals surface area contributed by atoms with E-state index in [9.17, 15) is 0 Å². The molecular weight excluding hydrogens is 431 g/mol. The highest BCUT2D eigenvalue weighted by Gasteiger charge is 2.28. The number of hydrogen-bond acceptors (Lipinski definition) is 4. The van der Waals surface area contributed by atoms with Gasteiger partial charge in [0.25, 0.3) is 0 Å². The van der Waals surface area contributed by atoms with Crippen LogP contribution in [0.1, 0.15) is 26.7 Å². The van der Waals surface area contributed by atoms with Gasteiger partial charge in [0.1, 0.15) is 0 Å². The third-order valence-corrected chi connectivity index (χ3v) is 4.32. The maximum Gasteiger partial charge on any atom is 0.195 e. The quantitative estimate of drug-likeness (QED) is 0.353. The van der Waals surface area contributed by atoms with E-state index in [4.69, 9.17) is 14.5 Å². The van der Waals surface area contributed by atoms with E-state index >= 15 is 0 Å². The van der Waals surface area contributed by atoms with E-state index in [2.05, 4.69) is 36.4 Å². The summed E-state index contributed by atoms with van der Waals surface area (Å²) in [5, 5.41) is 6.61. The van der Waals surface area contributed by atoms with Gasteiger partial charge in [0.15, 0.2) is 17.5 Å². The second kappa shape index (κ2) is 10.7. The average Bonchev–Trinajstić information content (AvgIpc) is 3.43. The van der Waals surface area contributed by atoms with Crippen LogP contribution in [0.2, 0.25) is 0 Å². The van der Waals surface area contributed by atoms with Crippen LogP contribution < -0.4 is 20.1 Å². The number of nitrogens with one attached hydrogen (secondary N) is 2. The molecule has 1 aliphatic carbocycles. The first-order valence-corrected chi connectivity index (χ1v) is 8.58. The fourth-order valence-corrected chi connectivity index (χ4v) is 2.55. The lowest BCUT2D eigenvalue weighted by Gasteiger charge is -2.23. The molecule has 1 aliphatic rings. The second-order valence-corrected chi connectivity index (χ2v) is 6.16. The lowest BCUT2D eigenvalue weighted by molar-refractivity contribution is 0.253. The van der Waals surface area contributed by atoms with Gasteiger partial charge in [0.2, 0.25) is 0 Å². The molecule has 0 spiro atoms. The van der Waals surface area contributed by atoms with Crippen molar-refractivity contribution in [3.05, 3.63) is 18.2 Å². The van der Waals surface area contributed by atoms with Crippen LogP contribution in [-0.2, 0) is 0 Å². The summed E-state index contributed by atoms with van der Waals surface area (Å²) in [6.45, 7) is 5.86. The number of anilines is 1. The van der Waals surface area contributed by atoms with Gasteiger partial charge in [-0.2, -0.15) is 0 Å². The van der Waals surface area contributed by atoms with Crippen molar-refractivity contribution in [2.75, 3.05) is 39.7 Å². The molecule has 25 heavy (non-hydrogen) atoms. The van der Waals surface area contributed by atoms with E-state index in [1.54, 1.807) is 14.2 Å². The Balaban J connectivity index is 0.00000312. The minimum absolute atomic E-state index is 0. The van der Waals surface area contributed by atoms with Crippen molar-refractivity contribution in [1.82, 2.24) is 10.2 Å². The molecule has 0 aromatic heterocycles. The number of aliphatic imine (C=N–C) groups is 1. The summed E-state index contributed by atoms with van der Waals surface area (Å²) in [5.74, 6) is 2.19. The number of ether oxygens (including phenoxy) is 2. The van der Waals surface area contributed by atoms with Crippen LogP contribution in [0.15, 0.2) is 23.2 Å². The highest BCUT2D eigenvalue weighted by atomic mass is 127. The number of methoxy groups -OCH3 is 2. The lowest BCUT2D eigenvalue weighted by Crippen LogP contribution is -2.36. The number of likely N-dealkylation sites (N-methyl/N-ethyl adjacent to an activating group) is 1. The number of hydrogen-bond donors (Lipinski definition) is 2. The summed E-state index contributed by atoms with van der Waals surface area (Å²) in [6.07, 6.45) is 2.63. The molecule has 0 saturated heterocycles. The van der Waals surface area contributed by atoms with Crippen molar-refractivity contribution in [3.8, 4) is 11.5 Å².